The van der Waals surface area contributed by atoms with Crippen LogP contribution in [0.1, 0.15) is 58.4 Å². The van der Waals surface area contributed by atoms with Gasteiger partial charge in [-0.25, -0.2) is 0 Å². The average Bonchev–Trinajstić information content (AvgIpc) is 2.51. The lowest BCUT2D eigenvalue weighted by molar-refractivity contribution is 0.463. The second-order valence-corrected chi connectivity index (χ2v) is 6.49. The van der Waals surface area contributed by atoms with E-state index in [0.717, 1.165) is 41.5 Å². The Morgan fingerprint density at radius 1 is 0.696 bits per heavy atom. The third-order valence-electron chi connectivity index (χ3n) is 5.06. The van der Waals surface area contributed by atoms with Gasteiger partial charge in [0.1, 0.15) is 11.5 Å². The molecule has 0 aliphatic carbocycles. The van der Waals surface area contributed by atoms with Gasteiger partial charge >= 0.3 is 0 Å². The Morgan fingerprint density at radius 3 is 1.35 bits per heavy atom. The lowest BCUT2D eigenvalue weighted by Crippen LogP contribution is -2.03. The van der Waals surface area contributed by atoms with E-state index >= 15 is 0 Å². The fraction of sp³-hybridized carbons (Fsp3) is 0.429. The monoisotopic (exact) mass is 312 g/mol. The Balaban J connectivity index is 2.57. The SMILES string of the molecule is CCc1c(C)c(Cc2cc(C)c(O)c(CC)c2C)cc(C)c1O. The van der Waals surface area contributed by atoms with E-state index in [2.05, 4.69) is 39.8 Å². The van der Waals surface area contributed by atoms with Gasteiger partial charge in [0.15, 0.2) is 0 Å². The van der Waals surface area contributed by atoms with Gasteiger partial charge in [0.2, 0.25) is 0 Å². The van der Waals surface area contributed by atoms with E-state index in [1.807, 2.05) is 13.8 Å². The van der Waals surface area contributed by atoms with Crippen molar-refractivity contribution in [3.63, 3.8) is 0 Å². The van der Waals surface area contributed by atoms with Crippen molar-refractivity contribution in [3.8, 4) is 11.5 Å². The van der Waals surface area contributed by atoms with E-state index in [1.54, 1.807) is 0 Å². The van der Waals surface area contributed by atoms with E-state index in [0.29, 0.717) is 11.5 Å². The molecule has 0 aromatic heterocycles. The molecule has 0 unspecified atom stereocenters. The number of aromatic hydroxyl groups is 2. The normalized spacial score (nSPS) is 11.0. The number of hydrogen-bond donors (Lipinski definition) is 2. The van der Waals surface area contributed by atoms with Gasteiger partial charge in [0, 0.05) is 0 Å². The molecule has 0 amide bonds. The van der Waals surface area contributed by atoms with Crippen LogP contribution in [0.2, 0.25) is 0 Å². The van der Waals surface area contributed by atoms with Crippen LogP contribution >= 0.6 is 0 Å². The van der Waals surface area contributed by atoms with Crippen LogP contribution in [0.4, 0.5) is 0 Å². The molecular weight excluding hydrogens is 284 g/mol. The summed E-state index contributed by atoms with van der Waals surface area (Å²) < 4.78 is 0. The van der Waals surface area contributed by atoms with Crippen molar-refractivity contribution in [3.05, 3.63) is 56.6 Å². The van der Waals surface area contributed by atoms with Crippen LogP contribution < -0.4 is 0 Å². The summed E-state index contributed by atoms with van der Waals surface area (Å²) >= 11 is 0. The van der Waals surface area contributed by atoms with Gasteiger partial charge < -0.3 is 10.2 Å². The number of phenols is 2. The van der Waals surface area contributed by atoms with Gasteiger partial charge in [-0.2, -0.15) is 0 Å². The molecule has 2 nitrogen and oxygen atoms in total. The maximum Gasteiger partial charge on any atom is 0.121 e. The highest BCUT2D eigenvalue weighted by atomic mass is 16.3. The van der Waals surface area contributed by atoms with Gasteiger partial charge in [-0.1, -0.05) is 26.0 Å². The quantitative estimate of drug-likeness (QED) is 0.829. The van der Waals surface area contributed by atoms with Crippen molar-refractivity contribution in [2.24, 2.45) is 0 Å². The molecule has 0 heterocycles. The lowest BCUT2D eigenvalue weighted by Gasteiger charge is -2.18. The first-order chi connectivity index (χ1) is 10.8. The largest absolute Gasteiger partial charge is 0.507 e. The molecule has 2 heteroatoms. The topological polar surface area (TPSA) is 40.5 Å². The molecule has 0 radical (unpaired) electrons. The molecule has 0 fully saturated rings. The molecular formula is C21H28O2. The Hall–Kier alpha value is -1.96. The van der Waals surface area contributed by atoms with Crippen LogP contribution in [-0.2, 0) is 19.3 Å². The second-order valence-electron chi connectivity index (χ2n) is 6.49. The Bertz CT molecular complexity index is 679. The first-order valence-corrected chi connectivity index (χ1v) is 8.43. The lowest BCUT2D eigenvalue weighted by atomic mass is 9.88. The fourth-order valence-corrected chi connectivity index (χ4v) is 3.53. The zero-order valence-electron chi connectivity index (χ0n) is 15.2. The summed E-state index contributed by atoms with van der Waals surface area (Å²) in [6, 6.07) is 4.19. The van der Waals surface area contributed by atoms with Crippen LogP contribution in [0, 0.1) is 27.7 Å². The van der Waals surface area contributed by atoms with Crippen molar-refractivity contribution in [2.45, 2.75) is 60.8 Å². The van der Waals surface area contributed by atoms with Crippen molar-refractivity contribution in [2.75, 3.05) is 0 Å². The summed E-state index contributed by atoms with van der Waals surface area (Å²) in [6.07, 6.45) is 2.50. The highest BCUT2D eigenvalue weighted by Gasteiger charge is 2.15. The Labute approximate surface area is 139 Å². The molecule has 0 aliphatic rings. The fourth-order valence-electron chi connectivity index (χ4n) is 3.53. The first kappa shape index (κ1) is 17.4. The molecule has 23 heavy (non-hydrogen) atoms. The number of phenolic OH excluding ortho intramolecular Hbond substituents is 2. The van der Waals surface area contributed by atoms with Crippen molar-refractivity contribution >= 4 is 0 Å². The van der Waals surface area contributed by atoms with Gasteiger partial charge in [0.25, 0.3) is 0 Å². The van der Waals surface area contributed by atoms with Crippen LogP contribution in [0.5, 0.6) is 11.5 Å². The molecule has 0 spiro atoms. The maximum atomic E-state index is 10.3. The van der Waals surface area contributed by atoms with E-state index in [-0.39, 0.29) is 0 Å². The van der Waals surface area contributed by atoms with Crippen molar-refractivity contribution < 1.29 is 10.2 Å². The third kappa shape index (κ3) is 3.08. The molecule has 0 aliphatic heterocycles. The minimum Gasteiger partial charge on any atom is -0.507 e. The minimum atomic E-state index is 0.432. The summed E-state index contributed by atoms with van der Waals surface area (Å²) in [4.78, 5) is 0. The van der Waals surface area contributed by atoms with Gasteiger partial charge in [-0.05, 0) is 91.5 Å². The third-order valence-corrected chi connectivity index (χ3v) is 5.06. The highest BCUT2D eigenvalue weighted by molar-refractivity contribution is 5.53. The summed E-state index contributed by atoms with van der Waals surface area (Å²) in [6.45, 7) is 12.3. The van der Waals surface area contributed by atoms with Crippen molar-refractivity contribution in [1.29, 1.82) is 0 Å². The van der Waals surface area contributed by atoms with E-state index in [4.69, 9.17) is 0 Å². The second kappa shape index (κ2) is 6.66. The zero-order valence-corrected chi connectivity index (χ0v) is 15.2. The van der Waals surface area contributed by atoms with Crippen LogP contribution in [0.15, 0.2) is 12.1 Å². The Morgan fingerprint density at radius 2 is 1.04 bits per heavy atom. The molecule has 2 N–H and O–H groups in total. The van der Waals surface area contributed by atoms with Gasteiger partial charge in [0.05, 0.1) is 0 Å². The summed E-state index contributed by atoms with van der Waals surface area (Å²) in [5.74, 6) is 0.864. The predicted molar refractivity (Wildman–Crippen MR) is 96.7 cm³/mol. The molecule has 0 saturated carbocycles. The standard InChI is InChI=1S/C21H28O2/c1-7-18-14(5)16(9-12(3)20(18)22)11-17-10-13(4)21(23)19(8-2)15(17)6/h9-10,22-23H,7-8,11H2,1-6H3. The molecule has 2 rings (SSSR count). The van der Waals surface area contributed by atoms with Gasteiger partial charge in [-0.3, -0.25) is 0 Å². The van der Waals surface area contributed by atoms with Gasteiger partial charge in [-0.15, -0.1) is 0 Å². The summed E-state index contributed by atoms with van der Waals surface area (Å²) in [7, 11) is 0. The Kier molecular flexibility index (Phi) is 5.03. The number of hydrogen-bond acceptors (Lipinski definition) is 2. The molecule has 0 saturated heterocycles. The maximum absolute atomic E-state index is 10.3. The first-order valence-electron chi connectivity index (χ1n) is 8.43. The van der Waals surface area contributed by atoms with E-state index < -0.39 is 0 Å². The summed E-state index contributed by atoms with van der Waals surface area (Å²) in [5, 5.41) is 20.5. The number of aryl methyl sites for hydroxylation is 2. The van der Waals surface area contributed by atoms with Crippen LogP contribution in [-0.4, -0.2) is 10.2 Å². The number of rotatable bonds is 4. The minimum absolute atomic E-state index is 0.432. The predicted octanol–water partition coefficient (Wildman–Crippen LogP) is 5.05. The smallest absolute Gasteiger partial charge is 0.121 e. The summed E-state index contributed by atoms with van der Waals surface area (Å²) in [5.41, 5.74) is 8.84. The molecule has 0 bridgehead atoms. The van der Waals surface area contributed by atoms with E-state index in [1.165, 1.54) is 22.3 Å². The molecule has 2 aromatic carbocycles. The van der Waals surface area contributed by atoms with E-state index in [9.17, 15) is 10.2 Å². The van der Waals surface area contributed by atoms with Crippen LogP contribution in [0.3, 0.4) is 0 Å². The molecule has 0 atom stereocenters. The zero-order chi connectivity index (χ0) is 17.3. The van der Waals surface area contributed by atoms with Crippen molar-refractivity contribution in [1.82, 2.24) is 0 Å². The molecule has 124 valence electrons. The molecule has 2 aromatic rings. The number of benzene rings is 2. The van der Waals surface area contributed by atoms with Crippen LogP contribution in [0.25, 0.3) is 0 Å². The average molecular weight is 312 g/mol. The highest BCUT2D eigenvalue weighted by Crippen LogP contribution is 2.33.